The van der Waals surface area contributed by atoms with Crippen molar-refractivity contribution in [3.8, 4) is 5.75 Å². The average molecular weight is 266 g/mol. The van der Waals surface area contributed by atoms with Crippen molar-refractivity contribution >= 4 is 0 Å². The molecule has 0 spiro atoms. The normalized spacial score (nSPS) is 17.6. The van der Waals surface area contributed by atoms with E-state index in [9.17, 15) is 4.39 Å². The van der Waals surface area contributed by atoms with E-state index in [4.69, 9.17) is 4.74 Å². The second-order valence-electron chi connectivity index (χ2n) is 5.12. The third-order valence-electron chi connectivity index (χ3n) is 3.70. The second-order valence-corrected chi connectivity index (χ2v) is 5.12. The number of hydrogen-bond donors (Lipinski definition) is 1. The molecule has 1 aromatic carbocycles. The maximum Gasteiger partial charge on any atom is 0.165 e. The summed E-state index contributed by atoms with van der Waals surface area (Å²) in [5, 5.41) is 3.24. The highest BCUT2D eigenvalue weighted by Crippen LogP contribution is 2.17. The Balaban J connectivity index is 1.66. The first kappa shape index (κ1) is 14.3. The van der Waals surface area contributed by atoms with Crippen LogP contribution in [0.15, 0.2) is 24.3 Å². The minimum absolute atomic E-state index is 0.282. The van der Waals surface area contributed by atoms with Gasteiger partial charge in [0.25, 0.3) is 0 Å². The Morgan fingerprint density at radius 3 is 2.74 bits per heavy atom. The Labute approximate surface area is 114 Å². The lowest BCUT2D eigenvalue weighted by molar-refractivity contribution is 0.153. The fraction of sp³-hybridized carbons (Fsp3) is 0.600. The summed E-state index contributed by atoms with van der Waals surface area (Å²) in [6.45, 7) is 4.78. The third kappa shape index (κ3) is 4.48. The Morgan fingerprint density at radius 1 is 1.32 bits per heavy atom. The van der Waals surface area contributed by atoms with Gasteiger partial charge in [0.15, 0.2) is 11.6 Å². The van der Waals surface area contributed by atoms with Gasteiger partial charge in [-0.2, -0.15) is 0 Å². The van der Waals surface area contributed by atoms with E-state index >= 15 is 0 Å². The lowest BCUT2D eigenvalue weighted by Gasteiger charge is -2.31. The van der Waals surface area contributed by atoms with E-state index < -0.39 is 0 Å². The standard InChI is InChI=1S/C15H23FN2O/c1-17-12-13-6-8-18(9-7-13)10-11-19-15-5-3-2-4-14(15)16/h2-5,13,17H,6-12H2,1H3. The van der Waals surface area contributed by atoms with Crippen LogP contribution in [0.4, 0.5) is 4.39 Å². The minimum atomic E-state index is -0.282. The van der Waals surface area contributed by atoms with Crippen LogP contribution in [0.2, 0.25) is 0 Å². The van der Waals surface area contributed by atoms with Crippen molar-refractivity contribution in [1.29, 1.82) is 0 Å². The van der Waals surface area contributed by atoms with Crippen molar-refractivity contribution in [2.24, 2.45) is 5.92 Å². The van der Waals surface area contributed by atoms with Crippen LogP contribution in [0.3, 0.4) is 0 Å². The molecule has 1 N–H and O–H groups in total. The minimum Gasteiger partial charge on any atom is -0.489 e. The first-order chi connectivity index (χ1) is 9.29. The number of halogens is 1. The fourth-order valence-corrected chi connectivity index (χ4v) is 2.55. The number of piperidine rings is 1. The molecule has 0 radical (unpaired) electrons. The Hall–Kier alpha value is -1.13. The van der Waals surface area contributed by atoms with Crippen LogP contribution in [0.25, 0.3) is 0 Å². The highest BCUT2D eigenvalue weighted by atomic mass is 19.1. The van der Waals surface area contributed by atoms with Crippen LogP contribution in [-0.2, 0) is 0 Å². The summed E-state index contributed by atoms with van der Waals surface area (Å²) < 4.78 is 18.8. The summed E-state index contributed by atoms with van der Waals surface area (Å²) in [6.07, 6.45) is 2.47. The monoisotopic (exact) mass is 266 g/mol. The van der Waals surface area contributed by atoms with Crippen molar-refractivity contribution in [2.75, 3.05) is 39.8 Å². The number of ether oxygens (including phenoxy) is 1. The van der Waals surface area contributed by atoms with E-state index in [1.54, 1.807) is 18.2 Å². The van der Waals surface area contributed by atoms with Gasteiger partial charge in [-0.15, -0.1) is 0 Å². The number of likely N-dealkylation sites (tertiary alicyclic amines) is 1. The number of nitrogens with one attached hydrogen (secondary N) is 1. The smallest absolute Gasteiger partial charge is 0.165 e. The van der Waals surface area contributed by atoms with Gasteiger partial charge in [0.1, 0.15) is 6.61 Å². The van der Waals surface area contributed by atoms with E-state index in [2.05, 4.69) is 10.2 Å². The number of hydrogen-bond acceptors (Lipinski definition) is 3. The predicted molar refractivity (Wildman–Crippen MR) is 75.0 cm³/mol. The maximum absolute atomic E-state index is 13.3. The molecule has 2 rings (SSSR count). The number of para-hydroxylation sites is 1. The summed E-state index contributed by atoms with van der Waals surface area (Å²) in [6, 6.07) is 6.57. The molecule has 1 fully saturated rings. The molecule has 0 aromatic heterocycles. The van der Waals surface area contributed by atoms with Crippen LogP contribution >= 0.6 is 0 Å². The van der Waals surface area contributed by atoms with Crippen LogP contribution in [0, 0.1) is 11.7 Å². The van der Waals surface area contributed by atoms with Crippen LogP contribution in [-0.4, -0.2) is 44.7 Å². The van der Waals surface area contributed by atoms with Crippen molar-refractivity contribution in [1.82, 2.24) is 10.2 Å². The van der Waals surface area contributed by atoms with E-state index in [1.807, 2.05) is 7.05 Å². The van der Waals surface area contributed by atoms with E-state index in [1.165, 1.54) is 18.9 Å². The lowest BCUT2D eigenvalue weighted by atomic mass is 9.97. The molecule has 1 aromatic rings. The van der Waals surface area contributed by atoms with Gasteiger partial charge in [0.05, 0.1) is 0 Å². The molecule has 0 amide bonds. The van der Waals surface area contributed by atoms with Crippen molar-refractivity contribution < 1.29 is 9.13 Å². The fourth-order valence-electron chi connectivity index (χ4n) is 2.55. The predicted octanol–water partition coefficient (Wildman–Crippen LogP) is 2.14. The van der Waals surface area contributed by atoms with Gasteiger partial charge in [-0.05, 0) is 57.6 Å². The molecular formula is C15H23FN2O. The highest BCUT2D eigenvalue weighted by Gasteiger charge is 2.18. The Kier molecular flexibility index (Phi) is 5.61. The van der Waals surface area contributed by atoms with Gasteiger partial charge in [-0.1, -0.05) is 12.1 Å². The molecule has 4 heteroatoms. The molecule has 1 saturated heterocycles. The molecule has 3 nitrogen and oxygen atoms in total. The van der Waals surface area contributed by atoms with Crippen LogP contribution < -0.4 is 10.1 Å². The number of nitrogens with zero attached hydrogens (tertiary/aromatic N) is 1. The van der Waals surface area contributed by atoms with Gasteiger partial charge in [0.2, 0.25) is 0 Å². The molecular weight excluding hydrogens is 243 g/mol. The van der Waals surface area contributed by atoms with E-state index in [0.29, 0.717) is 12.4 Å². The van der Waals surface area contributed by atoms with Crippen molar-refractivity contribution in [3.05, 3.63) is 30.1 Å². The van der Waals surface area contributed by atoms with Gasteiger partial charge in [-0.3, -0.25) is 4.90 Å². The summed E-state index contributed by atoms with van der Waals surface area (Å²) in [4.78, 5) is 2.40. The average Bonchev–Trinajstić information content (AvgIpc) is 2.43. The molecule has 1 aliphatic rings. The Morgan fingerprint density at radius 2 is 2.05 bits per heavy atom. The molecule has 0 bridgehead atoms. The first-order valence-corrected chi connectivity index (χ1v) is 7.04. The molecule has 0 aliphatic carbocycles. The zero-order valence-corrected chi connectivity index (χ0v) is 11.6. The summed E-state index contributed by atoms with van der Waals surface area (Å²) in [7, 11) is 2.01. The van der Waals surface area contributed by atoms with Crippen molar-refractivity contribution in [3.63, 3.8) is 0 Å². The first-order valence-electron chi connectivity index (χ1n) is 7.04. The van der Waals surface area contributed by atoms with Crippen LogP contribution in [0.5, 0.6) is 5.75 Å². The van der Waals surface area contributed by atoms with Crippen LogP contribution in [0.1, 0.15) is 12.8 Å². The summed E-state index contributed by atoms with van der Waals surface area (Å²) in [5.41, 5.74) is 0. The highest BCUT2D eigenvalue weighted by molar-refractivity contribution is 5.23. The molecule has 0 unspecified atom stereocenters. The number of rotatable bonds is 6. The molecule has 1 aliphatic heterocycles. The zero-order chi connectivity index (χ0) is 13.5. The molecule has 19 heavy (non-hydrogen) atoms. The molecule has 1 heterocycles. The van der Waals surface area contributed by atoms with Gasteiger partial charge >= 0.3 is 0 Å². The quantitative estimate of drug-likeness (QED) is 0.853. The van der Waals surface area contributed by atoms with Gasteiger partial charge in [-0.25, -0.2) is 4.39 Å². The maximum atomic E-state index is 13.3. The molecule has 106 valence electrons. The number of benzene rings is 1. The topological polar surface area (TPSA) is 24.5 Å². The summed E-state index contributed by atoms with van der Waals surface area (Å²) >= 11 is 0. The van der Waals surface area contributed by atoms with Gasteiger partial charge < -0.3 is 10.1 Å². The Bertz CT molecular complexity index is 378. The van der Waals surface area contributed by atoms with Gasteiger partial charge in [0, 0.05) is 6.54 Å². The largest absolute Gasteiger partial charge is 0.489 e. The zero-order valence-electron chi connectivity index (χ0n) is 11.6. The SMILES string of the molecule is CNCC1CCN(CCOc2ccccc2F)CC1. The van der Waals surface area contributed by atoms with E-state index in [-0.39, 0.29) is 5.82 Å². The molecule has 0 atom stereocenters. The van der Waals surface area contributed by atoms with Crippen molar-refractivity contribution in [2.45, 2.75) is 12.8 Å². The summed E-state index contributed by atoms with van der Waals surface area (Å²) in [5.74, 6) is 0.872. The second kappa shape index (κ2) is 7.46. The molecule has 0 saturated carbocycles. The third-order valence-corrected chi connectivity index (χ3v) is 3.70. The van der Waals surface area contributed by atoms with E-state index in [0.717, 1.165) is 32.1 Å². The lowest BCUT2D eigenvalue weighted by Crippen LogP contribution is -2.38.